The Balaban J connectivity index is 2.89. The summed E-state index contributed by atoms with van der Waals surface area (Å²) in [7, 11) is 1.70. The second kappa shape index (κ2) is 4.72. The SMILES string of the molecule is Cc1c(/C=C/C(=O)O)c(=O)n(C)c2c(C)cccc12. The number of rotatable bonds is 2. The van der Waals surface area contributed by atoms with Crippen LogP contribution in [0, 0.1) is 13.8 Å². The van der Waals surface area contributed by atoms with Gasteiger partial charge in [0.2, 0.25) is 0 Å². The lowest BCUT2D eigenvalue weighted by molar-refractivity contribution is -0.131. The van der Waals surface area contributed by atoms with Gasteiger partial charge in [-0.2, -0.15) is 0 Å². The van der Waals surface area contributed by atoms with Gasteiger partial charge in [0.05, 0.1) is 5.52 Å². The summed E-state index contributed by atoms with van der Waals surface area (Å²) >= 11 is 0. The van der Waals surface area contributed by atoms with Crippen molar-refractivity contribution in [3.8, 4) is 0 Å². The van der Waals surface area contributed by atoms with Crippen LogP contribution in [-0.4, -0.2) is 15.6 Å². The van der Waals surface area contributed by atoms with Crippen molar-refractivity contribution in [3.05, 3.63) is 51.3 Å². The molecule has 0 aliphatic carbocycles. The molecular weight excluding hydrogens is 242 g/mol. The number of aliphatic carboxylic acids is 1. The highest BCUT2D eigenvalue weighted by Gasteiger charge is 2.11. The quantitative estimate of drug-likeness (QED) is 0.839. The van der Waals surface area contributed by atoms with Gasteiger partial charge in [-0.15, -0.1) is 0 Å². The Bertz CT molecular complexity index is 754. The van der Waals surface area contributed by atoms with Crippen molar-refractivity contribution < 1.29 is 9.90 Å². The topological polar surface area (TPSA) is 59.3 Å². The highest BCUT2D eigenvalue weighted by Crippen LogP contribution is 2.22. The number of carboxylic acid groups (broad SMARTS) is 1. The van der Waals surface area contributed by atoms with Crippen LogP contribution >= 0.6 is 0 Å². The molecule has 0 aliphatic heterocycles. The van der Waals surface area contributed by atoms with E-state index in [0.29, 0.717) is 5.56 Å². The van der Waals surface area contributed by atoms with Gasteiger partial charge in [0.1, 0.15) is 0 Å². The third kappa shape index (κ3) is 2.17. The fraction of sp³-hybridized carbons (Fsp3) is 0.200. The van der Waals surface area contributed by atoms with E-state index in [0.717, 1.165) is 28.1 Å². The highest BCUT2D eigenvalue weighted by atomic mass is 16.4. The molecule has 2 aromatic rings. The van der Waals surface area contributed by atoms with Crippen LogP contribution in [0.5, 0.6) is 0 Å². The lowest BCUT2D eigenvalue weighted by Crippen LogP contribution is -2.21. The monoisotopic (exact) mass is 257 g/mol. The molecule has 0 saturated heterocycles. The van der Waals surface area contributed by atoms with E-state index < -0.39 is 5.97 Å². The number of benzene rings is 1. The molecule has 0 radical (unpaired) electrons. The maximum Gasteiger partial charge on any atom is 0.328 e. The van der Waals surface area contributed by atoms with Crippen LogP contribution in [0.1, 0.15) is 16.7 Å². The van der Waals surface area contributed by atoms with E-state index in [1.54, 1.807) is 11.6 Å². The Hall–Kier alpha value is -2.36. The van der Waals surface area contributed by atoms with Gasteiger partial charge in [-0.05, 0) is 31.1 Å². The number of aryl methyl sites for hydroxylation is 3. The van der Waals surface area contributed by atoms with E-state index in [1.807, 2.05) is 32.0 Å². The summed E-state index contributed by atoms with van der Waals surface area (Å²) in [5.41, 5.74) is 2.95. The lowest BCUT2D eigenvalue weighted by Gasteiger charge is -2.12. The van der Waals surface area contributed by atoms with Gasteiger partial charge in [-0.25, -0.2) is 4.79 Å². The molecule has 1 aromatic heterocycles. The van der Waals surface area contributed by atoms with Gasteiger partial charge in [-0.1, -0.05) is 18.2 Å². The van der Waals surface area contributed by atoms with E-state index in [9.17, 15) is 9.59 Å². The number of hydrogen-bond donors (Lipinski definition) is 1. The van der Waals surface area contributed by atoms with Crippen LogP contribution < -0.4 is 5.56 Å². The second-order valence-electron chi connectivity index (χ2n) is 4.55. The van der Waals surface area contributed by atoms with Crippen molar-refractivity contribution >= 4 is 22.9 Å². The molecule has 0 amide bonds. The third-order valence-corrected chi connectivity index (χ3v) is 3.31. The maximum absolute atomic E-state index is 12.3. The number of hydrogen-bond acceptors (Lipinski definition) is 2. The van der Waals surface area contributed by atoms with E-state index >= 15 is 0 Å². The van der Waals surface area contributed by atoms with Gasteiger partial charge in [0.15, 0.2) is 0 Å². The summed E-state index contributed by atoms with van der Waals surface area (Å²) in [5, 5.41) is 9.65. The van der Waals surface area contributed by atoms with Gasteiger partial charge >= 0.3 is 5.97 Å². The zero-order valence-corrected chi connectivity index (χ0v) is 11.1. The number of fused-ring (bicyclic) bond motifs is 1. The summed E-state index contributed by atoms with van der Waals surface area (Å²) in [6.45, 7) is 3.79. The molecule has 98 valence electrons. The minimum Gasteiger partial charge on any atom is -0.478 e. The largest absolute Gasteiger partial charge is 0.478 e. The van der Waals surface area contributed by atoms with Crippen molar-refractivity contribution in [3.63, 3.8) is 0 Å². The highest BCUT2D eigenvalue weighted by molar-refractivity contribution is 5.90. The number of carbonyl (C=O) groups is 1. The van der Waals surface area contributed by atoms with Crippen LogP contribution in [0.2, 0.25) is 0 Å². The first-order valence-corrected chi connectivity index (χ1v) is 5.93. The van der Waals surface area contributed by atoms with E-state index in [4.69, 9.17) is 5.11 Å². The van der Waals surface area contributed by atoms with Crippen molar-refractivity contribution in [1.29, 1.82) is 0 Å². The molecule has 4 heteroatoms. The van der Waals surface area contributed by atoms with E-state index in [-0.39, 0.29) is 5.56 Å². The average Bonchev–Trinajstić information content (AvgIpc) is 2.35. The normalized spacial score (nSPS) is 11.3. The zero-order chi connectivity index (χ0) is 14.2. The summed E-state index contributed by atoms with van der Waals surface area (Å²) in [4.78, 5) is 22.9. The molecule has 19 heavy (non-hydrogen) atoms. The Morgan fingerprint density at radius 1 is 1.32 bits per heavy atom. The molecule has 0 bridgehead atoms. The van der Waals surface area contributed by atoms with E-state index in [1.165, 1.54) is 6.08 Å². The molecule has 1 heterocycles. The molecule has 0 spiro atoms. The third-order valence-electron chi connectivity index (χ3n) is 3.31. The summed E-state index contributed by atoms with van der Waals surface area (Å²) in [6, 6.07) is 5.82. The second-order valence-corrected chi connectivity index (χ2v) is 4.55. The molecule has 0 aliphatic rings. The average molecular weight is 257 g/mol. The molecular formula is C15H15NO3. The van der Waals surface area contributed by atoms with Crippen LogP contribution in [0.15, 0.2) is 29.1 Å². The van der Waals surface area contributed by atoms with Crippen LogP contribution in [0.4, 0.5) is 0 Å². The van der Waals surface area contributed by atoms with Crippen LogP contribution in [0.3, 0.4) is 0 Å². The smallest absolute Gasteiger partial charge is 0.328 e. The molecule has 0 saturated carbocycles. The first-order chi connectivity index (χ1) is 8.93. The predicted octanol–water partition coefficient (Wildman–Crippen LogP) is 2.25. The predicted molar refractivity (Wildman–Crippen MR) is 75.3 cm³/mol. The van der Waals surface area contributed by atoms with Crippen LogP contribution in [-0.2, 0) is 11.8 Å². The molecule has 0 atom stereocenters. The summed E-state index contributed by atoms with van der Waals surface area (Å²) < 4.78 is 1.57. The molecule has 4 nitrogen and oxygen atoms in total. The lowest BCUT2D eigenvalue weighted by atomic mass is 10.0. The van der Waals surface area contributed by atoms with Gasteiger partial charge in [0.25, 0.3) is 5.56 Å². The number of aromatic nitrogens is 1. The number of para-hydroxylation sites is 1. The summed E-state index contributed by atoms with van der Waals surface area (Å²) in [6.07, 6.45) is 2.35. The summed E-state index contributed by atoms with van der Waals surface area (Å²) in [5.74, 6) is -1.06. The first kappa shape index (κ1) is 13.1. The number of carboxylic acids is 1. The van der Waals surface area contributed by atoms with Gasteiger partial charge < -0.3 is 9.67 Å². The Kier molecular flexibility index (Phi) is 3.25. The van der Waals surface area contributed by atoms with Crippen LogP contribution in [0.25, 0.3) is 17.0 Å². The molecule has 0 fully saturated rings. The van der Waals surface area contributed by atoms with Crippen molar-refractivity contribution in [2.24, 2.45) is 7.05 Å². The Morgan fingerprint density at radius 2 is 2.00 bits per heavy atom. The number of nitrogens with zero attached hydrogens (tertiary/aromatic N) is 1. The van der Waals surface area contributed by atoms with Crippen molar-refractivity contribution in [2.75, 3.05) is 0 Å². The minimum atomic E-state index is -1.06. The van der Waals surface area contributed by atoms with Gasteiger partial charge in [0, 0.05) is 24.1 Å². The first-order valence-electron chi connectivity index (χ1n) is 5.93. The molecule has 0 unspecified atom stereocenters. The fourth-order valence-corrected chi connectivity index (χ4v) is 2.35. The Labute approximate surface area is 110 Å². The zero-order valence-electron chi connectivity index (χ0n) is 11.1. The van der Waals surface area contributed by atoms with Crippen molar-refractivity contribution in [1.82, 2.24) is 4.57 Å². The maximum atomic E-state index is 12.3. The minimum absolute atomic E-state index is 0.184. The van der Waals surface area contributed by atoms with E-state index in [2.05, 4.69) is 0 Å². The fourth-order valence-electron chi connectivity index (χ4n) is 2.35. The number of pyridine rings is 1. The molecule has 1 N–H and O–H groups in total. The molecule has 1 aromatic carbocycles. The molecule has 2 rings (SSSR count). The van der Waals surface area contributed by atoms with Crippen molar-refractivity contribution in [2.45, 2.75) is 13.8 Å². The van der Waals surface area contributed by atoms with Gasteiger partial charge in [-0.3, -0.25) is 4.79 Å². The standard InChI is InChI=1S/C15H15NO3/c1-9-5-4-6-11-10(2)12(7-8-13(17)18)15(19)16(3)14(9)11/h4-8H,1-3H3,(H,17,18)/b8-7+. The Morgan fingerprint density at radius 3 is 2.63 bits per heavy atom.